The van der Waals surface area contributed by atoms with E-state index < -0.39 is 5.91 Å². The molecule has 0 saturated heterocycles. The molecule has 1 amide bonds. The zero-order valence-electron chi connectivity index (χ0n) is 18.7. The van der Waals surface area contributed by atoms with Gasteiger partial charge in [0.2, 0.25) is 0 Å². The Morgan fingerprint density at radius 1 is 0.912 bits per heavy atom. The number of amides is 1. The van der Waals surface area contributed by atoms with Crippen LogP contribution in [0.25, 0.3) is 22.3 Å². The van der Waals surface area contributed by atoms with Gasteiger partial charge in [-0.1, -0.05) is 12.1 Å². The number of ether oxygens (including phenoxy) is 4. The van der Waals surface area contributed by atoms with Gasteiger partial charge < -0.3 is 29.7 Å². The van der Waals surface area contributed by atoms with Crippen molar-refractivity contribution in [3.8, 4) is 34.4 Å². The topological polar surface area (TPSA) is 126 Å². The van der Waals surface area contributed by atoms with E-state index in [0.717, 1.165) is 0 Å². The molecule has 0 saturated carbocycles. The third-order valence-electron chi connectivity index (χ3n) is 5.09. The van der Waals surface area contributed by atoms with E-state index in [1.54, 1.807) is 60.7 Å². The average Bonchev–Trinajstić information content (AvgIpc) is 2.86. The number of aromatic amines is 1. The molecule has 0 bridgehead atoms. The highest BCUT2D eigenvalue weighted by atomic mass is 16.5. The molecule has 0 fully saturated rings. The SMILES string of the molecule is COc1cc(OC)c2c(=O)[nH]c(-c3ccc(OCCOc4ccccc4C(N)=O)cc3)nc2c1. The van der Waals surface area contributed by atoms with Gasteiger partial charge in [0.25, 0.3) is 11.5 Å². The van der Waals surface area contributed by atoms with Crippen molar-refractivity contribution in [2.45, 2.75) is 0 Å². The van der Waals surface area contributed by atoms with Crippen LogP contribution in [0.2, 0.25) is 0 Å². The smallest absolute Gasteiger partial charge is 0.262 e. The first-order chi connectivity index (χ1) is 16.5. The Hall–Kier alpha value is -4.53. The number of carbonyl (C=O) groups excluding carboxylic acids is 1. The van der Waals surface area contributed by atoms with Gasteiger partial charge in [-0.25, -0.2) is 4.98 Å². The molecule has 4 aromatic rings. The van der Waals surface area contributed by atoms with E-state index in [-0.39, 0.29) is 18.8 Å². The summed E-state index contributed by atoms with van der Waals surface area (Å²) in [7, 11) is 3.02. The minimum absolute atomic E-state index is 0.231. The summed E-state index contributed by atoms with van der Waals surface area (Å²) in [5, 5.41) is 0.352. The summed E-state index contributed by atoms with van der Waals surface area (Å²) >= 11 is 0. The number of aromatic nitrogens is 2. The van der Waals surface area contributed by atoms with Crippen molar-refractivity contribution >= 4 is 16.8 Å². The van der Waals surface area contributed by atoms with Gasteiger partial charge in [-0.05, 0) is 36.4 Å². The highest BCUT2D eigenvalue weighted by Gasteiger charge is 2.13. The molecule has 1 aromatic heterocycles. The Kier molecular flexibility index (Phi) is 6.63. The van der Waals surface area contributed by atoms with Crippen molar-refractivity contribution in [2.75, 3.05) is 27.4 Å². The first kappa shape index (κ1) is 22.7. The fourth-order valence-electron chi connectivity index (χ4n) is 3.44. The van der Waals surface area contributed by atoms with Crippen molar-refractivity contribution in [3.63, 3.8) is 0 Å². The van der Waals surface area contributed by atoms with E-state index in [9.17, 15) is 9.59 Å². The fraction of sp³-hybridized carbons (Fsp3) is 0.160. The highest BCUT2D eigenvalue weighted by Crippen LogP contribution is 2.29. The molecule has 9 heteroatoms. The summed E-state index contributed by atoms with van der Waals surface area (Å²) in [6, 6.07) is 17.2. The number of nitrogens with one attached hydrogen (secondary N) is 1. The molecular weight excluding hydrogens is 438 g/mol. The lowest BCUT2D eigenvalue weighted by atomic mass is 10.1. The number of nitrogens with zero attached hydrogens (tertiary/aromatic N) is 1. The molecular formula is C25H23N3O6. The molecule has 174 valence electrons. The molecule has 0 radical (unpaired) electrons. The van der Waals surface area contributed by atoms with Gasteiger partial charge in [-0.2, -0.15) is 0 Å². The summed E-state index contributed by atoms with van der Waals surface area (Å²) < 4.78 is 21.9. The number of hydrogen-bond acceptors (Lipinski definition) is 7. The molecule has 0 unspecified atom stereocenters. The zero-order valence-corrected chi connectivity index (χ0v) is 18.7. The Bertz CT molecular complexity index is 1380. The second kappa shape index (κ2) is 9.95. The van der Waals surface area contributed by atoms with Gasteiger partial charge in [0.05, 0.1) is 25.3 Å². The third-order valence-corrected chi connectivity index (χ3v) is 5.09. The number of primary amides is 1. The van der Waals surface area contributed by atoms with Crippen molar-refractivity contribution in [3.05, 3.63) is 76.6 Å². The Balaban J connectivity index is 1.45. The second-order valence-corrected chi connectivity index (χ2v) is 7.22. The number of para-hydroxylation sites is 1. The van der Waals surface area contributed by atoms with Crippen molar-refractivity contribution in [1.82, 2.24) is 9.97 Å². The standard InChI is InChI=1S/C25H23N3O6/c1-31-17-13-19-22(21(14-17)32-2)25(30)28-24(27-19)15-7-9-16(10-8-15)33-11-12-34-20-6-4-3-5-18(20)23(26)29/h3-10,13-14H,11-12H2,1-2H3,(H2,26,29)(H,27,28,30). The lowest BCUT2D eigenvalue weighted by molar-refractivity contribution is 0.0995. The Morgan fingerprint density at radius 3 is 2.35 bits per heavy atom. The first-order valence-corrected chi connectivity index (χ1v) is 10.4. The van der Waals surface area contributed by atoms with E-state index in [1.165, 1.54) is 14.2 Å². The quantitative estimate of drug-likeness (QED) is 0.367. The van der Waals surface area contributed by atoms with Crippen LogP contribution < -0.4 is 30.2 Å². The van der Waals surface area contributed by atoms with Crippen LogP contribution in [-0.4, -0.2) is 43.3 Å². The molecule has 3 aromatic carbocycles. The van der Waals surface area contributed by atoms with Gasteiger partial charge >= 0.3 is 0 Å². The number of H-pyrrole nitrogens is 1. The highest BCUT2D eigenvalue weighted by molar-refractivity contribution is 5.95. The van der Waals surface area contributed by atoms with Crippen LogP contribution in [0.1, 0.15) is 10.4 Å². The molecule has 4 rings (SSSR count). The van der Waals surface area contributed by atoms with Crippen LogP contribution in [0.4, 0.5) is 0 Å². The van der Waals surface area contributed by atoms with Gasteiger partial charge in [-0.15, -0.1) is 0 Å². The van der Waals surface area contributed by atoms with E-state index in [1.807, 2.05) is 0 Å². The van der Waals surface area contributed by atoms with E-state index in [4.69, 9.17) is 24.7 Å². The molecule has 0 aliphatic carbocycles. The van der Waals surface area contributed by atoms with Crippen LogP contribution in [0.3, 0.4) is 0 Å². The van der Waals surface area contributed by atoms with Gasteiger partial charge in [0.1, 0.15) is 47.4 Å². The van der Waals surface area contributed by atoms with Crippen molar-refractivity contribution < 1.29 is 23.7 Å². The minimum atomic E-state index is -0.552. The van der Waals surface area contributed by atoms with Crippen LogP contribution in [0.15, 0.2) is 65.5 Å². The lowest BCUT2D eigenvalue weighted by Gasteiger charge is -2.11. The second-order valence-electron chi connectivity index (χ2n) is 7.22. The number of fused-ring (bicyclic) bond motifs is 1. The molecule has 0 aliphatic rings. The number of carbonyl (C=O) groups is 1. The van der Waals surface area contributed by atoms with Crippen molar-refractivity contribution in [1.29, 1.82) is 0 Å². The summed E-state index contributed by atoms with van der Waals surface area (Å²) in [5.74, 6) is 1.81. The monoisotopic (exact) mass is 461 g/mol. The number of methoxy groups -OCH3 is 2. The molecule has 9 nitrogen and oxygen atoms in total. The van der Waals surface area contributed by atoms with Crippen LogP contribution >= 0.6 is 0 Å². The number of hydrogen-bond donors (Lipinski definition) is 2. The molecule has 1 heterocycles. The molecule has 0 atom stereocenters. The van der Waals surface area contributed by atoms with E-state index >= 15 is 0 Å². The maximum Gasteiger partial charge on any atom is 0.262 e. The summed E-state index contributed by atoms with van der Waals surface area (Å²) in [4.78, 5) is 31.5. The van der Waals surface area contributed by atoms with Crippen LogP contribution in [0.5, 0.6) is 23.0 Å². The average molecular weight is 461 g/mol. The van der Waals surface area contributed by atoms with E-state index in [0.29, 0.717) is 50.9 Å². The zero-order chi connectivity index (χ0) is 24.1. The predicted octanol–water partition coefficient (Wildman–Crippen LogP) is 3.16. The van der Waals surface area contributed by atoms with Crippen LogP contribution in [0, 0.1) is 0 Å². The number of nitrogens with two attached hydrogens (primary N) is 1. The van der Waals surface area contributed by atoms with Gasteiger partial charge in [-0.3, -0.25) is 9.59 Å². The summed E-state index contributed by atoms with van der Waals surface area (Å²) in [6.45, 7) is 0.492. The lowest BCUT2D eigenvalue weighted by Crippen LogP contribution is -2.15. The minimum Gasteiger partial charge on any atom is -0.497 e. The molecule has 3 N–H and O–H groups in total. The maximum absolute atomic E-state index is 12.7. The first-order valence-electron chi connectivity index (χ1n) is 10.4. The van der Waals surface area contributed by atoms with Gasteiger partial charge in [0.15, 0.2) is 0 Å². The molecule has 0 spiro atoms. The predicted molar refractivity (Wildman–Crippen MR) is 127 cm³/mol. The summed E-state index contributed by atoms with van der Waals surface area (Å²) in [5.41, 5.74) is 6.53. The Labute approximate surface area is 195 Å². The maximum atomic E-state index is 12.7. The Morgan fingerprint density at radius 2 is 1.65 bits per heavy atom. The van der Waals surface area contributed by atoms with Crippen molar-refractivity contribution in [2.24, 2.45) is 5.73 Å². The summed E-state index contributed by atoms with van der Waals surface area (Å²) in [6.07, 6.45) is 0. The molecule has 0 aliphatic heterocycles. The largest absolute Gasteiger partial charge is 0.497 e. The van der Waals surface area contributed by atoms with E-state index in [2.05, 4.69) is 9.97 Å². The molecule has 34 heavy (non-hydrogen) atoms. The number of benzene rings is 3. The number of rotatable bonds is 9. The third kappa shape index (κ3) is 4.78. The van der Waals surface area contributed by atoms with Gasteiger partial charge in [0, 0.05) is 17.7 Å². The normalized spacial score (nSPS) is 10.6. The fourth-order valence-corrected chi connectivity index (χ4v) is 3.44. The van der Waals surface area contributed by atoms with Crippen LogP contribution in [-0.2, 0) is 0 Å².